The van der Waals surface area contributed by atoms with Gasteiger partial charge in [-0.1, -0.05) is 6.07 Å². The number of methoxy groups -OCH3 is 1. The predicted molar refractivity (Wildman–Crippen MR) is 137 cm³/mol. The Labute approximate surface area is 206 Å². The minimum atomic E-state index is -0.575. The fraction of sp³-hybridized carbons (Fsp3) is 0.154. The van der Waals surface area contributed by atoms with Crippen molar-refractivity contribution >= 4 is 22.5 Å². The number of halogens is 1. The smallest absolute Gasteiger partial charge is 0.322 e. The topological polar surface area (TPSA) is 113 Å². The average molecular weight is 486 g/mol. The molecule has 3 N–H and O–H groups in total. The third kappa shape index (κ3) is 3.92. The summed E-state index contributed by atoms with van der Waals surface area (Å²) in [7, 11) is 5.32. The SMILES string of the molecule is CNc1ccc(-c2c(-c3ccc(Oc4nccc(C)n4)c(F)c3)c3c(N)ncnc3n2C)c(OC)c1. The first-order chi connectivity index (χ1) is 17.4. The molecule has 0 unspecified atom stereocenters. The molecule has 0 bridgehead atoms. The number of nitrogen functional groups attached to an aromatic ring is 1. The van der Waals surface area contributed by atoms with E-state index in [0.29, 0.717) is 33.6 Å². The fourth-order valence-electron chi connectivity index (χ4n) is 4.23. The van der Waals surface area contributed by atoms with Gasteiger partial charge in [0, 0.05) is 48.9 Å². The van der Waals surface area contributed by atoms with Crippen molar-refractivity contribution in [1.82, 2.24) is 24.5 Å². The molecule has 2 aromatic carbocycles. The van der Waals surface area contributed by atoms with E-state index < -0.39 is 5.82 Å². The molecule has 0 aliphatic carbocycles. The standard InChI is InChI=1S/C26H24FN7O2/c1-14-9-10-30-26(33-14)36-19-8-5-15(11-18(19)27)21-22-24(28)31-13-32-25(22)34(3)23(21)17-7-6-16(29-2)12-20(17)35-4/h5-13,29H,1-4H3,(H2,28,31,32). The summed E-state index contributed by atoms with van der Waals surface area (Å²) in [5.41, 5.74) is 11.3. The molecule has 0 atom stereocenters. The number of aromatic nitrogens is 5. The Hall–Kier alpha value is -4.73. The molecular formula is C26H24FN7O2. The molecule has 0 aliphatic rings. The lowest BCUT2D eigenvalue weighted by molar-refractivity contribution is 0.410. The second-order valence-electron chi connectivity index (χ2n) is 8.13. The van der Waals surface area contributed by atoms with E-state index in [2.05, 4.69) is 25.3 Å². The van der Waals surface area contributed by atoms with E-state index in [4.69, 9.17) is 15.2 Å². The Morgan fingerprint density at radius 3 is 2.58 bits per heavy atom. The quantitative estimate of drug-likeness (QED) is 0.347. The lowest BCUT2D eigenvalue weighted by atomic mass is 9.97. The molecule has 36 heavy (non-hydrogen) atoms. The number of anilines is 2. The predicted octanol–water partition coefficient (Wildman–Crippen LogP) is 4.96. The number of hydrogen-bond donors (Lipinski definition) is 2. The van der Waals surface area contributed by atoms with E-state index >= 15 is 4.39 Å². The zero-order chi connectivity index (χ0) is 25.4. The molecule has 0 saturated heterocycles. The highest BCUT2D eigenvalue weighted by atomic mass is 19.1. The highest BCUT2D eigenvalue weighted by Crippen LogP contribution is 2.45. The molecule has 0 amide bonds. The number of hydrogen-bond acceptors (Lipinski definition) is 8. The molecule has 0 saturated carbocycles. The van der Waals surface area contributed by atoms with Crippen molar-refractivity contribution in [2.24, 2.45) is 7.05 Å². The summed E-state index contributed by atoms with van der Waals surface area (Å²) in [4.78, 5) is 16.9. The first-order valence-corrected chi connectivity index (χ1v) is 11.1. The van der Waals surface area contributed by atoms with Crippen LogP contribution in [0.1, 0.15) is 5.69 Å². The molecule has 5 aromatic rings. The van der Waals surface area contributed by atoms with E-state index in [0.717, 1.165) is 16.9 Å². The Kier molecular flexibility index (Phi) is 5.85. The van der Waals surface area contributed by atoms with E-state index in [9.17, 15) is 0 Å². The molecule has 3 aromatic heterocycles. The lowest BCUT2D eigenvalue weighted by Gasteiger charge is -2.14. The van der Waals surface area contributed by atoms with Gasteiger partial charge in [-0.05, 0) is 42.8 Å². The van der Waals surface area contributed by atoms with Crippen LogP contribution in [0, 0.1) is 12.7 Å². The van der Waals surface area contributed by atoms with Crippen LogP contribution in [0.25, 0.3) is 33.4 Å². The number of fused-ring (bicyclic) bond motifs is 1. The summed E-state index contributed by atoms with van der Waals surface area (Å²) in [6.45, 7) is 1.81. The van der Waals surface area contributed by atoms with E-state index in [1.54, 1.807) is 38.4 Å². The normalized spacial score (nSPS) is 11.0. The second kappa shape index (κ2) is 9.14. The molecule has 182 valence electrons. The van der Waals surface area contributed by atoms with Gasteiger partial charge in [-0.2, -0.15) is 0 Å². The van der Waals surface area contributed by atoms with E-state index in [1.165, 1.54) is 12.4 Å². The molecule has 0 fully saturated rings. The summed E-state index contributed by atoms with van der Waals surface area (Å²) in [5.74, 6) is 0.355. The first kappa shape index (κ1) is 23.0. The largest absolute Gasteiger partial charge is 0.496 e. The van der Waals surface area contributed by atoms with Crippen LogP contribution < -0.4 is 20.5 Å². The van der Waals surface area contributed by atoms with Crippen LogP contribution >= 0.6 is 0 Å². The van der Waals surface area contributed by atoms with Crippen LogP contribution in [0.2, 0.25) is 0 Å². The van der Waals surface area contributed by atoms with Crippen molar-refractivity contribution in [1.29, 1.82) is 0 Å². The van der Waals surface area contributed by atoms with Crippen LogP contribution in [0.15, 0.2) is 55.0 Å². The Balaban J connectivity index is 1.72. The van der Waals surface area contributed by atoms with Gasteiger partial charge in [0.05, 0.1) is 18.2 Å². The number of nitrogens with one attached hydrogen (secondary N) is 1. The van der Waals surface area contributed by atoms with Gasteiger partial charge >= 0.3 is 6.01 Å². The molecule has 9 nitrogen and oxygen atoms in total. The zero-order valence-electron chi connectivity index (χ0n) is 20.2. The van der Waals surface area contributed by atoms with Crippen molar-refractivity contribution in [3.63, 3.8) is 0 Å². The summed E-state index contributed by atoms with van der Waals surface area (Å²) in [5, 5.41) is 3.73. The van der Waals surface area contributed by atoms with Gasteiger partial charge in [0.25, 0.3) is 0 Å². The highest BCUT2D eigenvalue weighted by molar-refractivity contribution is 6.08. The fourth-order valence-corrected chi connectivity index (χ4v) is 4.23. The Morgan fingerprint density at radius 1 is 1.03 bits per heavy atom. The third-order valence-electron chi connectivity index (χ3n) is 5.94. The van der Waals surface area contributed by atoms with E-state index in [1.807, 2.05) is 36.9 Å². The van der Waals surface area contributed by atoms with Crippen molar-refractivity contribution in [2.45, 2.75) is 6.92 Å². The molecule has 0 spiro atoms. The van der Waals surface area contributed by atoms with Crippen LogP contribution in [0.5, 0.6) is 17.5 Å². The second-order valence-corrected chi connectivity index (χ2v) is 8.13. The number of nitrogens with two attached hydrogens (primary N) is 1. The van der Waals surface area contributed by atoms with Gasteiger partial charge in [0.2, 0.25) is 0 Å². The van der Waals surface area contributed by atoms with Gasteiger partial charge in [0.15, 0.2) is 11.6 Å². The Bertz CT molecular complexity index is 1600. The lowest BCUT2D eigenvalue weighted by Crippen LogP contribution is -1.98. The van der Waals surface area contributed by atoms with Crippen LogP contribution in [-0.4, -0.2) is 38.7 Å². The average Bonchev–Trinajstić information content (AvgIpc) is 3.18. The van der Waals surface area contributed by atoms with Crippen molar-refractivity contribution in [3.8, 4) is 39.9 Å². The molecule has 10 heteroatoms. The van der Waals surface area contributed by atoms with Crippen LogP contribution in [0.3, 0.4) is 0 Å². The van der Waals surface area contributed by atoms with Gasteiger partial charge in [-0.3, -0.25) is 0 Å². The molecule has 0 aliphatic heterocycles. The minimum absolute atomic E-state index is 0.00584. The van der Waals surface area contributed by atoms with Crippen molar-refractivity contribution < 1.29 is 13.9 Å². The van der Waals surface area contributed by atoms with Gasteiger partial charge < -0.3 is 25.1 Å². The third-order valence-corrected chi connectivity index (χ3v) is 5.94. The zero-order valence-corrected chi connectivity index (χ0v) is 20.2. The van der Waals surface area contributed by atoms with Crippen LogP contribution in [0.4, 0.5) is 15.9 Å². The number of aryl methyl sites for hydroxylation is 2. The van der Waals surface area contributed by atoms with Crippen LogP contribution in [-0.2, 0) is 7.05 Å². The summed E-state index contributed by atoms with van der Waals surface area (Å²) >= 11 is 0. The van der Waals surface area contributed by atoms with E-state index in [-0.39, 0.29) is 17.6 Å². The first-order valence-electron chi connectivity index (χ1n) is 11.1. The molecule has 3 heterocycles. The minimum Gasteiger partial charge on any atom is -0.496 e. The van der Waals surface area contributed by atoms with Gasteiger partial charge in [0.1, 0.15) is 23.5 Å². The number of rotatable bonds is 6. The monoisotopic (exact) mass is 485 g/mol. The van der Waals surface area contributed by atoms with Gasteiger partial charge in [-0.15, -0.1) is 0 Å². The van der Waals surface area contributed by atoms with Gasteiger partial charge in [-0.25, -0.2) is 24.3 Å². The number of nitrogens with zero attached hydrogens (tertiary/aromatic N) is 5. The highest BCUT2D eigenvalue weighted by Gasteiger charge is 2.25. The maximum Gasteiger partial charge on any atom is 0.322 e. The maximum atomic E-state index is 15.3. The summed E-state index contributed by atoms with van der Waals surface area (Å²) in [6.07, 6.45) is 2.97. The van der Waals surface area contributed by atoms with Crippen molar-refractivity contribution in [2.75, 3.05) is 25.2 Å². The molecular weight excluding hydrogens is 461 g/mol. The summed E-state index contributed by atoms with van der Waals surface area (Å²) in [6, 6.07) is 12.3. The Morgan fingerprint density at radius 2 is 1.86 bits per heavy atom. The molecule has 5 rings (SSSR count). The number of ether oxygens (including phenoxy) is 2. The number of benzene rings is 2. The molecule has 0 radical (unpaired) electrons. The summed E-state index contributed by atoms with van der Waals surface area (Å²) < 4.78 is 28.5. The van der Waals surface area contributed by atoms with Crippen molar-refractivity contribution in [3.05, 3.63) is 66.5 Å². The maximum absolute atomic E-state index is 15.3.